The zero-order valence-corrected chi connectivity index (χ0v) is 9.88. The summed E-state index contributed by atoms with van der Waals surface area (Å²) < 4.78 is 66.2. The topological polar surface area (TPSA) is 69.4 Å². The van der Waals surface area contributed by atoms with Crippen LogP contribution < -0.4 is 9.88 Å². The SMILES string of the molecule is NS(=O)(=O)c1cccc(OC2CC2)c1C(F)(F)F. The van der Waals surface area contributed by atoms with Crippen LogP contribution in [0.3, 0.4) is 0 Å². The van der Waals surface area contributed by atoms with E-state index < -0.39 is 32.4 Å². The molecule has 0 spiro atoms. The van der Waals surface area contributed by atoms with E-state index in [1.807, 2.05) is 0 Å². The predicted octanol–water partition coefficient (Wildman–Crippen LogP) is 1.89. The van der Waals surface area contributed by atoms with E-state index >= 15 is 0 Å². The predicted molar refractivity (Wildman–Crippen MR) is 56.5 cm³/mol. The second kappa shape index (κ2) is 4.13. The van der Waals surface area contributed by atoms with Gasteiger partial charge in [0.05, 0.1) is 11.0 Å². The fourth-order valence-electron chi connectivity index (χ4n) is 1.49. The minimum Gasteiger partial charge on any atom is -0.490 e. The molecule has 4 nitrogen and oxygen atoms in total. The lowest BCUT2D eigenvalue weighted by Gasteiger charge is -2.16. The number of hydrogen-bond donors (Lipinski definition) is 1. The van der Waals surface area contributed by atoms with Gasteiger partial charge >= 0.3 is 6.18 Å². The van der Waals surface area contributed by atoms with Gasteiger partial charge in [0, 0.05) is 0 Å². The Bertz CT molecular complexity index is 564. The van der Waals surface area contributed by atoms with Crippen LogP contribution in [0, 0.1) is 0 Å². The van der Waals surface area contributed by atoms with E-state index in [9.17, 15) is 21.6 Å². The van der Waals surface area contributed by atoms with Crippen molar-refractivity contribution in [1.29, 1.82) is 0 Å². The van der Waals surface area contributed by atoms with Gasteiger partial charge in [0.1, 0.15) is 11.3 Å². The molecule has 0 heterocycles. The molecule has 2 N–H and O–H groups in total. The Morgan fingerprint density at radius 2 is 1.89 bits per heavy atom. The molecular weight excluding hydrogens is 271 g/mol. The standard InChI is InChI=1S/C10H10F3NO3S/c11-10(12,13)9-7(17-6-4-5-6)2-1-3-8(9)18(14,15)16/h1-3,6H,4-5H2,(H2,14,15,16). The van der Waals surface area contributed by atoms with E-state index in [1.165, 1.54) is 6.07 Å². The van der Waals surface area contributed by atoms with Gasteiger partial charge in [-0.3, -0.25) is 0 Å². The van der Waals surface area contributed by atoms with Gasteiger partial charge in [-0.25, -0.2) is 13.6 Å². The maximum atomic E-state index is 12.9. The van der Waals surface area contributed by atoms with Gasteiger partial charge in [-0.1, -0.05) is 6.07 Å². The molecule has 0 saturated heterocycles. The van der Waals surface area contributed by atoms with Crippen LogP contribution in [0.1, 0.15) is 18.4 Å². The number of ether oxygens (including phenoxy) is 1. The molecule has 0 amide bonds. The summed E-state index contributed by atoms with van der Waals surface area (Å²) in [6, 6.07) is 3.08. The van der Waals surface area contributed by atoms with Crippen molar-refractivity contribution in [2.75, 3.05) is 0 Å². The first-order valence-corrected chi connectivity index (χ1v) is 6.64. The van der Waals surface area contributed by atoms with Gasteiger partial charge in [0.2, 0.25) is 10.0 Å². The summed E-state index contributed by atoms with van der Waals surface area (Å²) in [6.07, 6.45) is -3.79. The van der Waals surface area contributed by atoms with Gasteiger partial charge < -0.3 is 4.74 Å². The fraction of sp³-hybridized carbons (Fsp3) is 0.400. The van der Waals surface area contributed by atoms with Crippen molar-refractivity contribution in [2.45, 2.75) is 30.0 Å². The van der Waals surface area contributed by atoms with Gasteiger partial charge in [-0.15, -0.1) is 0 Å². The van der Waals surface area contributed by atoms with Gasteiger partial charge in [-0.2, -0.15) is 13.2 Å². The van der Waals surface area contributed by atoms with E-state index in [0.29, 0.717) is 12.8 Å². The molecule has 0 aliphatic heterocycles. The lowest BCUT2D eigenvalue weighted by Crippen LogP contribution is -2.20. The lowest BCUT2D eigenvalue weighted by molar-refractivity contribution is -0.141. The van der Waals surface area contributed by atoms with Crippen LogP contribution in [0.2, 0.25) is 0 Å². The van der Waals surface area contributed by atoms with E-state index in [0.717, 1.165) is 12.1 Å². The highest BCUT2D eigenvalue weighted by atomic mass is 32.2. The normalized spacial score (nSPS) is 16.7. The van der Waals surface area contributed by atoms with Crippen LogP contribution in [0.15, 0.2) is 23.1 Å². The monoisotopic (exact) mass is 281 g/mol. The number of halogens is 3. The Morgan fingerprint density at radius 3 is 2.33 bits per heavy atom. The van der Waals surface area contributed by atoms with E-state index in [-0.39, 0.29) is 6.10 Å². The Kier molecular flexibility index (Phi) is 3.02. The molecule has 1 fully saturated rings. The number of alkyl halides is 3. The van der Waals surface area contributed by atoms with Gasteiger partial charge in [0.25, 0.3) is 0 Å². The van der Waals surface area contributed by atoms with E-state index in [1.54, 1.807) is 0 Å². The molecule has 8 heteroatoms. The minimum absolute atomic E-state index is 0.276. The van der Waals surface area contributed by atoms with Crippen LogP contribution in [0.4, 0.5) is 13.2 Å². The summed E-state index contributed by atoms with van der Waals surface area (Å²) in [5.41, 5.74) is -1.33. The Balaban J connectivity index is 2.59. The summed E-state index contributed by atoms with van der Waals surface area (Å²) >= 11 is 0. The van der Waals surface area contributed by atoms with Crippen molar-refractivity contribution in [3.05, 3.63) is 23.8 Å². The number of sulfonamides is 1. The zero-order valence-electron chi connectivity index (χ0n) is 9.07. The maximum absolute atomic E-state index is 12.9. The molecule has 1 aliphatic carbocycles. The van der Waals surface area contributed by atoms with Crippen LogP contribution in [-0.4, -0.2) is 14.5 Å². The molecule has 2 rings (SSSR count). The first kappa shape index (κ1) is 13.2. The third-order valence-electron chi connectivity index (χ3n) is 2.40. The van der Waals surface area contributed by atoms with Crippen molar-refractivity contribution < 1.29 is 26.3 Å². The molecule has 0 bridgehead atoms. The smallest absolute Gasteiger partial charge is 0.421 e. The van der Waals surface area contributed by atoms with E-state index in [4.69, 9.17) is 9.88 Å². The van der Waals surface area contributed by atoms with Gasteiger partial charge in [-0.05, 0) is 25.0 Å². The Hall–Kier alpha value is -1.28. The molecule has 0 aromatic heterocycles. The molecule has 1 aliphatic rings. The average Bonchev–Trinajstić information content (AvgIpc) is 2.98. The van der Waals surface area contributed by atoms with Crippen LogP contribution >= 0.6 is 0 Å². The zero-order chi connectivity index (χ0) is 13.6. The van der Waals surface area contributed by atoms with Gasteiger partial charge in [0.15, 0.2) is 0 Å². The van der Waals surface area contributed by atoms with E-state index in [2.05, 4.69) is 0 Å². The second-order valence-corrected chi connectivity index (χ2v) is 5.52. The quantitative estimate of drug-likeness (QED) is 0.919. The highest BCUT2D eigenvalue weighted by Crippen LogP contribution is 2.42. The second-order valence-electron chi connectivity index (χ2n) is 3.99. The number of nitrogens with two attached hydrogens (primary N) is 1. The molecule has 1 saturated carbocycles. The average molecular weight is 281 g/mol. The largest absolute Gasteiger partial charge is 0.490 e. The van der Waals surface area contributed by atoms with Crippen LogP contribution in [0.5, 0.6) is 5.75 Å². The van der Waals surface area contributed by atoms with Crippen molar-refractivity contribution in [3.63, 3.8) is 0 Å². The molecule has 0 atom stereocenters. The summed E-state index contributed by atoms with van der Waals surface area (Å²) in [4.78, 5) is -0.965. The van der Waals surface area contributed by atoms with Crippen molar-refractivity contribution in [1.82, 2.24) is 0 Å². The van der Waals surface area contributed by atoms with Crippen molar-refractivity contribution >= 4 is 10.0 Å². The number of primary sulfonamides is 1. The fourth-order valence-corrected chi connectivity index (χ4v) is 2.26. The number of benzene rings is 1. The minimum atomic E-state index is -4.84. The maximum Gasteiger partial charge on any atom is 0.421 e. The molecule has 0 unspecified atom stereocenters. The van der Waals surface area contributed by atoms with Crippen molar-refractivity contribution in [3.8, 4) is 5.75 Å². The Labute approximate surface area is 102 Å². The molecule has 1 aromatic carbocycles. The molecular formula is C10H10F3NO3S. The number of rotatable bonds is 3. The highest BCUT2D eigenvalue weighted by Gasteiger charge is 2.41. The molecule has 1 aromatic rings. The first-order valence-electron chi connectivity index (χ1n) is 5.09. The summed E-state index contributed by atoms with van der Waals surface area (Å²) in [5, 5.41) is 4.79. The summed E-state index contributed by atoms with van der Waals surface area (Å²) in [5.74, 6) is -0.489. The van der Waals surface area contributed by atoms with Crippen molar-refractivity contribution in [2.24, 2.45) is 5.14 Å². The third-order valence-corrected chi connectivity index (χ3v) is 3.35. The Morgan fingerprint density at radius 1 is 1.28 bits per heavy atom. The third kappa shape index (κ3) is 2.75. The summed E-state index contributed by atoms with van der Waals surface area (Å²) in [6.45, 7) is 0. The molecule has 100 valence electrons. The highest BCUT2D eigenvalue weighted by molar-refractivity contribution is 7.89. The van der Waals surface area contributed by atoms with Crippen LogP contribution in [0.25, 0.3) is 0 Å². The first-order chi connectivity index (χ1) is 8.19. The lowest BCUT2D eigenvalue weighted by atomic mass is 10.2. The molecule has 18 heavy (non-hydrogen) atoms. The number of hydrogen-bond acceptors (Lipinski definition) is 3. The van der Waals surface area contributed by atoms with Crippen LogP contribution in [-0.2, 0) is 16.2 Å². The molecule has 0 radical (unpaired) electrons. The summed E-state index contributed by atoms with van der Waals surface area (Å²) in [7, 11) is -4.45.